The SMILES string of the molecule is C=Cc1ccc(C=C)cc1.C=Cc1ccccc1.ClCc1ccc(CCCCCc2ccccc2)cc1. The van der Waals surface area contributed by atoms with Crippen molar-refractivity contribution in [1.82, 2.24) is 0 Å². The van der Waals surface area contributed by atoms with Crippen LogP contribution >= 0.6 is 11.6 Å². The molecule has 0 fully saturated rings. The molecule has 0 atom stereocenters. The number of unbranched alkanes of at least 4 members (excludes halogenated alkanes) is 2. The number of aryl methyl sites for hydroxylation is 2. The van der Waals surface area contributed by atoms with Gasteiger partial charge in [0.05, 0.1) is 0 Å². The minimum atomic E-state index is 0.608. The van der Waals surface area contributed by atoms with Crippen LogP contribution in [0, 0.1) is 0 Å². The summed E-state index contributed by atoms with van der Waals surface area (Å²) in [6.07, 6.45) is 11.7. The van der Waals surface area contributed by atoms with E-state index >= 15 is 0 Å². The fourth-order valence-electron chi connectivity index (χ4n) is 3.63. The molecule has 0 aliphatic carbocycles. The van der Waals surface area contributed by atoms with Crippen LogP contribution in [0.1, 0.15) is 52.6 Å². The molecule has 37 heavy (non-hydrogen) atoms. The van der Waals surface area contributed by atoms with Gasteiger partial charge in [0.2, 0.25) is 0 Å². The van der Waals surface area contributed by atoms with Crippen molar-refractivity contribution in [2.24, 2.45) is 0 Å². The number of benzene rings is 4. The zero-order chi connectivity index (χ0) is 26.6. The Kier molecular flexibility index (Phi) is 14.9. The van der Waals surface area contributed by atoms with Crippen LogP contribution in [0.15, 0.2) is 129 Å². The van der Waals surface area contributed by atoms with Crippen molar-refractivity contribution in [1.29, 1.82) is 0 Å². The third-order valence-electron chi connectivity index (χ3n) is 5.89. The summed E-state index contributed by atoms with van der Waals surface area (Å²) in [6.45, 7) is 11.0. The number of halogens is 1. The Labute approximate surface area is 229 Å². The summed E-state index contributed by atoms with van der Waals surface area (Å²) in [7, 11) is 0. The standard InChI is InChI=1S/C18H21Cl.C10H10.C8H8/c19-15-18-13-11-17(12-14-18)10-6-2-5-9-16-7-3-1-4-8-16;1-3-9-5-7-10(4-2)8-6-9;1-2-8-6-4-3-5-7-8/h1,3-4,7-8,11-14H,2,5-6,9-10,15H2;3-8H,1-2H2;2-7H,1H2. The van der Waals surface area contributed by atoms with Crippen molar-refractivity contribution in [2.45, 2.75) is 38.0 Å². The Morgan fingerprint density at radius 1 is 0.432 bits per heavy atom. The van der Waals surface area contributed by atoms with Gasteiger partial charge in [-0.15, -0.1) is 11.6 Å². The first kappa shape index (κ1) is 29.6. The number of hydrogen-bond donors (Lipinski definition) is 0. The zero-order valence-electron chi connectivity index (χ0n) is 21.9. The van der Waals surface area contributed by atoms with Crippen molar-refractivity contribution < 1.29 is 0 Å². The number of alkyl halides is 1. The van der Waals surface area contributed by atoms with E-state index in [0.717, 1.165) is 11.1 Å². The van der Waals surface area contributed by atoms with Crippen LogP contribution < -0.4 is 0 Å². The van der Waals surface area contributed by atoms with Crippen molar-refractivity contribution in [3.8, 4) is 0 Å². The summed E-state index contributed by atoms with van der Waals surface area (Å²) >= 11 is 5.78. The van der Waals surface area contributed by atoms with Gasteiger partial charge < -0.3 is 0 Å². The first-order valence-electron chi connectivity index (χ1n) is 12.9. The van der Waals surface area contributed by atoms with E-state index in [-0.39, 0.29) is 0 Å². The summed E-state index contributed by atoms with van der Waals surface area (Å²) in [5, 5.41) is 0. The Morgan fingerprint density at radius 2 is 0.811 bits per heavy atom. The highest BCUT2D eigenvalue weighted by Gasteiger charge is 1.96. The smallest absolute Gasteiger partial charge is 0.0474 e. The normalized spacial score (nSPS) is 9.65. The average Bonchev–Trinajstić information content (AvgIpc) is 2.99. The molecule has 0 radical (unpaired) electrons. The van der Waals surface area contributed by atoms with Crippen LogP contribution in [0.5, 0.6) is 0 Å². The van der Waals surface area contributed by atoms with Crippen LogP contribution in [-0.2, 0) is 18.7 Å². The molecule has 0 saturated carbocycles. The lowest BCUT2D eigenvalue weighted by atomic mass is 10.0. The molecule has 0 N–H and O–H groups in total. The van der Waals surface area contributed by atoms with E-state index in [1.165, 1.54) is 54.4 Å². The van der Waals surface area contributed by atoms with Crippen LogP contribution in [0.4, 0.5) is 0 Å². The van der Waals surface area contributed by atoms with Gasteiger partial charge in [-0.05, 0) is 59.1 Å². The maximum absolute atomic E-state index is 5.78. The molecule has 0 unspecified atom stereocenters. The predicted molar refractivity (Wildman–Crippen MR) is 167 cm³/mol. The fraction of sp³-hybridized carbons (Fsp3) is 0.167. The molecular formula is C36H39Cl. The van der Waals surface area contributed by atoms with E-state index < -0.39 is 0 Å². The molecule has 0 heterocycles. The van der Waals surface area contributed by atoms with Gasteiger partial charge >= 0.3 is 0 Å². The number of rotatable bonds is 10. The molecule has 4 aromatic carbocycles. The molecule has 1 heteroatoms. The van der Waals surface area contributed by atoms with Gasteiger partial charge in [0, 0.05) is 5.88 Å². The quantitative estimate of drug-likeness (QED) is 0.148. The van der Waals surface area contributed by atoms with Crippen molar-refractivity contribution in [3.05, 3.63) is 162 Å². The highest BCUT2D eigenvalue weighted by molar-refractivity contribution is 6.17. The van der Waals surface area contributed by atoms with Gasteiger partial charge in [0.1, 0.15) is 0 Å². The molecule has 0 bridgehead atoms. The lowest BCUT2D eigenvalue weighted by Crippen LogP contribution is -1.89. The molecule has 4 aromatic rings. The second-order valence-corrected chi connectivity index (χ2v) is 8.95. The first-order valence-corrected chi connectivity index (χ1v) is 13.4. The molecule has 0 aromatic heterocycles. The van der Waals surface area contributed by atoms with E-state index in [1.807, 2.05) is 72.8 Å². The summed E-state index contributed by atoms with van der Waals surface area (Å²) in [5.41, 5.74) is 7.54. The second kappa shape index (κ2) is 18.6. The molecule has 0 spiro atoms. The average molecular weight is 507 g/mol. The fourth-order valence-corrected chi connectivity index (χ4v) is 3.81. The van der Waals surface area contributed by atoms with Gasteiger partial charge in [0.25, 0.3) is 0 Å². The largest absolute Gasteiger partial charge is 0.122 e. The third-order valence-corrected chi connectivity index (χ3v) is 6.20. The Hall–Kier alpha value is -3.61. The Bertz CT molecular complexity index is 1110. The van der Waals surface area contributed by atoms with Crippen molar-refractivity contribution in [3.63, 3.8) is 0 Å². The van der Waals surface area contributed by atoms with Gasteiger partial charge in [-0.2, -0.15) is 0 Å². The summed E-state index contributed by atoms with van der Waals surface area (Å²) in [6, 6.07) is 37.5. The minimum Gasteiger partial charge on any atom is -0.122 e. The van der Waals surface area contributed by atoms with Crippen molar-refractivity contribution in [2.75, 3.05) is 0 Å². The summed E-state index contributed by atoms with van der Waals surface area (Å²) in [4.78, 5) is 0. The monoisotopic (exact) mass is 506 g/mol. The van der Waals surface area contributed by atoms with Crippen LogP contribution in [0.2, 0.25) is 0 Å². The maximum atomic E-state index is 5.78. The van der Waals surface area contributed by atoms with Crippen molar-refractivity contribution >= 4 is 29.8 Å². The molecular weight excluding hydrogens is 468 g/mol. The topological polar surface area (TPSA) is 0 Å². The minimum absolute atomic E-state index is 0.608. The summed E-state index contributed by atoms with van der Waals surface area (Å²) < 4.78 is 0. The first-order chi connectivity index (χ1) is 18.2. The third kappa shape index (κ3) is 12.8. The van der Waals surface area contributed by atoms with Crippen LogP contribution in [0.3, 0.4) is 0 Å². The van der Waals surface area contributed by atoms with Crippen LogP contribution in [0.25, 0.3) is 18.2 Å². The van der Waals surface area contributed by atoms with E-state index in [0.29, 0.717) is 5.88 Å². The maximum Gasteiger partial charge on any atom is 0.0474 e. The van der Waals surface area contributed by atoms with Gasteiger partial charge in [0.15, 0.2) is 0 Å². The molecule has 190 valence electrons. The number of hydrogen-bond acceptors (Lipinski definition) is 0. The molecule has 0 aliphatic rings. The van der Waals surface area contributed by atoms with Gasteiger partial charge in [-0.25, -0.2) is 0 Å². The van der Waals surface area contributed by atoms with Gasteiger partial charge in [-0.1, -0.05) is 154 Å². The van der Waals surface area contributed by atoms with E-state index in [1.54, 1.807) is 0 Å². The lowest BCUT2D eigenvalue weighted by Gasteiger charge is -2.03. The molecule has 4 rings (SSSR count). The predicted octanol–water partition coefficient (Wildman–Crippen LogP) is 10.7. The van der Waals surface area contributed by atoms with E-state index in [2.05, 4.69) is 74.3 Å². The van der Waals surface area contributed by atoms with Gasteiger partial charge in [-0.3, -0.25) is 0 Å². The molecule has 0 saturated heterocycles. The van der Waals surface area contributed by atoms with Crippen LogP contribution in [-0.4, -0.2) is 0 Å². The Balaban J connectivity index is 0.000000223. The Morgan fingerprint density at radius 3 is 1.22 bits per heavy atom. The zero-order valence-corrected chi connectivity index (χ0v) is 22.6. The highest BCUT2D eigenvalue weighted by atomic mass is 35.5. The molecule has 0 amide bonds. The highest BCUT2D eigenvalue weighted by Crippen LogP contribution is 2.12. The summed E-state index contributed by atoms with van der Waals surface area (Å²) in [5.74, 6) is 0.608. The van der Waals surface area contributed by atoms with E-state index in [4.69, 9.17) is 11.6 Å². The molecule has 0 aliphatic heterocycles. The lowest BCUT2D eigenvalue weighted by molar-refractivity contribution is 0.678. The molecule has 0 nitrogen and oxygen atoms in total. The second-order valence-electron chi connectivity index (χ2n) is 8.69. The van der Waals surface area contributed by atoms with E-state index in [9.17, 15) is 0 Å².